The highest BCUT2D eigenvalue weighted by Crippen LogP contribution is 2.29. The molecule has 24 heavy (non-hydrogen) atoms. The molecule has 1 aliphatic carbocycles. The van der Waals surface area contributed by atoms with E-state index in [0.29, 0.717) is 12.3 Å². The lowest BCUT2D eigenvalue weighted by molar-refractivity contribution is -0.125. The topological polar surface area (TPSA) is 95.6 Å². The molecule has 0 aromatic carbocycles. The Morgan fingerprint density at radius 3 is 2.33 bits per heavy atom. The minimum absolute atomic E-state index is 0.0560. The Bertz CT molecular complexity index is 357. The molecule has 0 heterocycles. The standard InChI is InChI=1S/C19H38N2O3/c1-4-5-11-15(20)19(24)21-16(18(23)17(22)13(2)3)12-14-9-7-6-8-10-14/h13-18,22-23H,4-12,20H2,1-3H3,(H,21,24)/t15-,16-,17+,18-/m0/s1. The summed E-state index contributed by atoms with van der Waals surface area (Å²) in [5.74, 6) is 0.240. The average Bonchev–Trinajstić information content (AvgIpc) is 2.58. The first-order valence-corrected chi connectivity index (χ1v) is 9.78. The van der Waals surface area contributed by atoms with E-state index in [9.17, 15) is 15.0 Å². The van der Waals surface area contributed by atoms with E-state index in [1.54, 1.807) is 0 Å². The fourth-order valence-electron chi connectivity index (χ4n) is 3.54. The number of carbonyl (C=O) groups is 1. The van der Waals surface area contributed by atoms with E-state index >= 15 is 0 Å². The number of amides is 1. The molecular weight excluding hydrogens is 304 g/mol. The van der Waals surface area contributed by atoms with E-state index in [1.165, 1.54) is 19.3 Å². The summed E-state index contributed by atoms with van der Waals surface area (Å²) in [4.78, 5) is 12.4. The van der Waals surface area contributed by atoms with Gasteiger partial charge in [0, 0.05) is 0 Å². The second kappa shape index (κ2) is 11.1. The van der Waals surface area contributed by atoms with E-state index in [-0.39, 0.29) is 11.8 Å². The van der Waals surface area contributed by atoms with Gasteiger partial charge in [-0.05, 0) is 24.7 Å². The monoisotopic (exact) mass is 342 g/mol. The molecule has 0 radical (unpaired) electrons. The third kappa shape index (κ3) is 7.08. The summed E-state index contributed by atoms with van der Waals surface area (Å²) in [5, 5.41) is 23.8. The van der Waals surface area contributed by atoms with Crippen molar-refractivity contribution in [1.82, 2.24) is 5.32 Å². The number of nitrogens with one attached hydrogen (secondary N) is 1. The zero-order chi connectivity index (χ0) is 18.1. The molecule has 0 bridgehead atoms. The van der Waals surface area contributed by atoms with Crippen LogP contribution in [0, 0.1) is 11.8 Å². The van der Waals surface area contributed by atoms with Gasteiger partial charge < -0.3 is 21.3 Å². The Kier molecular flexibility index (Phi) is 9.86. The maximum atomic E-state index is 12.4. The van der Waals surface area contributed by atoms with Crippen LogP contribution in [0.25, 0.3) is 0 Å². The van der Waals surface area contributed by atoms with Crippen LogP contribution in [0.5, 0.6) is 0 Å². The van der Waals surface area contributed by atoms with Crippen LogP contribution in [0.2, 0.25) is 0 Å². The predicted octanol–water partition coefficient (Wildman–Crippen LogP) is 2.34. The first-order valence-electron chi connectivity index (χ1n) is 9.78. The number of unbranched alkanes of at least 4 members (excludes halogenated alkanes) is 1. The molecule has 5 N–H and O–H groups in total. The highest BCUT2D eigenvalue weighted by molar-refractivity contribution is 5.81. The van der Waals surface area contributed by atoms with Crippen molar-refractivity contribution in [2.75, 3.05) is 0 Å². The van der Waals surface area contributed by atoms with Gasteiger partial charge in [0.15, 0.2) is 0 Å². The molecule has 0 spiro atoms. The maximum absolute atomic E-state index is 12.4. The van der Waals surface area contributed by atoms with Crippen molar-refractivity contribution < 1.29 is 15.0 Å². The highest BCUT2D eigenvalue weighted by atomic mass is 16.3. The molecule has 1 rings (SSSR count). The van der Waals surface area contributed by atoms with Crippen LogP contribution in [0.3, 0.4) is 0 Å². The van der Waals surface area contributed by atoms with Crippen LogP contribution < -0.4 is 11.1 Å². The third-order valence-electron chi connectivity index (χ3n) is 5.29. The van der Waals surface area contributed by atoms with E-state index in [4.69, 9.17) is 5.73 Å². The smallest absolute Gasteiger partial charge is 0.237 e. The van der Waals surface area contributed by atoms with E-state index in [2.05, 4.69) is 12.2 Å². The van der Waals surface area contributed by atoms with Crippen molar-refractivity contribution in [3.63, 3.8) is 0 Å². The van der Waals surface area contributed by atoms with E-state index in [0.717, 1.165) is 32.1 Å². The third-order valence-corrected chi connectivity index (χ3v) is 5.29. The first kappa shape index (κ1) is 21.4. The molecule has 0 aromatic rings. The Morgan fingerprint density at radius 2 is 1.79 bits per heavy atom. The largest absolute Gasteiger partial charge is 0.390 e. The number of carbonyl (C=O) groups excluding carboxylic acids is 1. The summed E-state index contributed by atoms with van der Waals surface area (Å²) in [6.07, 6.45) is 7.47. The summed E-state index contributed by atoms with van der Waals surface area (Å²) in [6, 6.07) is -0.965. The Labute approximate surface area is 147 Å². The molecule has 0 aromatic heterocycles. The number of rotatable bonds is 10. The summed E-state index contributed by atoms with van der Waals surface area (Å²) in [6.45, 7) is 5.82. The lowest BCUT2D eigenvalue weighted by atomic mass is 9.82. The van der Waals surface area contributed by atoms with Crippen molar-refractivity contribution >= 4 is 5.91 Å². The minimum Gasteiger partial charge on any atom is -0.390 e. The fraction of sp³-hybridized carbons (Fsp3) is 0.947. The number of aliphatic hydroxyl groups is 2. The molecule has 1 amide bonds. The number of hydrogen-bond acceptors (Lipinski definition) is 4. The zero-order valence-electron chi connectivity index (χ0n) is 15.7. The number of nitrogens with two attached hydrogens (primary N) is 1. The van der Waals surface area contributed by atoms with Crippen molar-refractivity contribution in [2.45, 2.75) is 103 Å². The fourth-order valence-corrected chi connectivity index (χ4v) is 3.54. The van der Waals surface area contributed by atoms with Gasteiger partial charge in [-0.1, -0.05) is 65.7 Å². The second-order valence-electron chi connectivity index (χ2n) is 7.83. The van der Waals surface area contributed by atoms with Gasteiger partial charge in [0.1, 0.15) is 6.10 Å². The summed E-state index contributed by atoms with van der Waals surface area (Å²) >= 11 is 0. The average molecular weight is 343 g/mol. The van der Waals surface area contributed by atoms with Gasteiger partial charge in [-0.25, -0.2) is 0 Å². The van der Waals surface area contributed by atoms with Crippen LogP contribution in [-0.4, -0.2) is 40.4 Å². The molecule has 0 aliphatic heterocycles. The molecule has 4 atom stereocenters. The van der Waals surface area contributed by atoms with Gasteiger partial charge in [0.2, 0.25) is 5.91 Å². The van der Waals surface area contributed by atoms with Crippen molar-refractivity contribution in [1.29, 1.82) is 0 Å². The molecule has 5 nitrogen and oxygen atoms in total. The molecule has 5 heteroatoms. The van der Waals surface area contributed by atoms with Crippen molar-refractivity contribution in [2.24, 2.45) is 17.6 Å². The summed E-state index contributed by atoms with van der Waals surface area (Å²) in [5.41, 5.74) is 5.96. The quantitative estimate of drug-likeness (QED) is 0.490. The zero-order valence-corrected chi connectivity index (χ0v) is 15.7. The van der Waals surface area contributed by atoms with Gasteiger partial charge in [-0.3, -0.25) is 4.79 Å². The molecule has 1 fully saturated rings. The molecule has 0 unspecified atom stereocenters. The maximum Gasteiger partial charge on any atom is 0.237 e. The Morgan fingerprint density at radius 1 is 1.17 bits per heavy atom. The normalized spacial score (nSPS) is 21.3. The number of hydrogen-bond donors (Lipinski definition) is 4. The number of aliphatic hydroxyl groups excluding tert-OH is 2. The van der Waals surface area contributed by atoms with Gasteiger partial charge >= 0.3 is 0 Å². The van der Waals surface area contributed by atoms with E-state index in [1.807, 2.05) is 13.8 Å². The van der Waals surface area contributed by atoms with Crippen LogP contribution >= 0.6 is 0 Å². The Hall–Kier alpha value is -0.650. The van der Waals surface area contributed by atoms with Crippen LogP contribution in [0.15, 0.2) is 0 Å². The van der Waals surface area contributed by atoms with Gasteiger partial charge in [-0.2, -0.15) is 0 Å². The van der Waals surface area contributed by atoms with Crippen LogP contribution in [0.4, 0.5) is 0 Å². The SMILES string of the molecule is CCCC[C@H](N)C(=O)N[C@@H](CC1CCCCC1)[C@H](O)[C@H](O)C(C)C. The summed E-state index contributed by atoms with van der Waals surface area (Å²) < 4.78 is 0. The van der Waals surface area contributed by atoms with Crippen molar-refractivity contribution in [3.8, 4) is 0 Å². The Balaban J connectivity index is 2.69. The van der Waals surface area contributed by atoms with Crippen LogP contribution in [-0.2, 0) is 4.79 Å². The lowest BCUT2D eigenvalue weighted by Gasteiger charge is -2.34. The predicted molar refractivity (Wildman–Crippen MR) is 97.5 cm³/mol. The van der Waals surface area contributed by atoms with Gasteiger partial charge in [-0.15, -0.1) is 0 Å². The van der Waals surface area contributed by atoms with Crippen molar-refractivity contribution in [3.05, 3.63) is 0 Å². The molecule has 0 saturated heterocycles. The van der Waals surface area contributed by atoms with E-state index < -0.39 is 24.3 Å². The molecular formula is C19H38N2O3. The highest BCUT2D eigenvalue weighted by Gasteiger charge is 2.32. The minimum atomic E-state index is -0.950. The molecule has 1 saturated carbocycles. The summed E-state index contributed by atoms with van der Waals surface area (Å²) in [7, 11) is 0. The molecule has 142 valence electrons. The first-order chi connectivity index (χ1) is 11.4. The van der Waals surface area contributed by atoms with Gasteiger partial charge in [0.05, 0.1) is 18.2 Å². The van der Waals surface area contributed by atoms with Gasteiger partial charge in [0.25, 0.3) is 0 Å². The molecule has 1 aliphatic rings. The lowest BCUT2D eigenvalue weighted by Crippen LogP contribution is -2.54. The second-order valence-corrected chi connectivity index (χ2v) is 7.83. The van der Waals surface area contributed by atoms with Crippen LogP contribution in [0.1, 0.15) is 78.6 Å².